The minimum Gasteiger partial charge on any atom is -0.258 e. The van der Waals surface area contributed by atoms with Gasteiger partial charge in [-0.1, -0.05) is 45.6 Å². The highest BCUT2D eigenvalue weighted by molar-refractivity contribution is 8.68. The Balaban J connectivity index is 3.32. The SMILES string of the molecule is O=[N+]([O-])c1ccc(SS)c(C(Cl)(Cl)Cl)c1. The van der Waals surface area contributed by atoms with Crippen molar-refractivity contribution in [3.8, 4) is 0 Å². The van der Waals surface area contributed by atoms with Crippen molar-refractivity contribution in [2.24, 2.45) is 0 Å². The van der Waals surface area contributed by atoms with Gasteiger partial charge in [-0.3, -0.25) is 10.1 Å². The van der Waals surface area contributed by atoms with Gasteiger partial charge in [0.15, 0.2) is 0 Å². The van der Waals surface area contributed by atoms with Gasteiger partial charge in [0.05, 0.1) is 4.92 Å². The Morgan fingerprint density at radius 3 is 2.40 bits per heavy atom. The van der Waals surface area contributed by atoms with Crippen molar-refractivity contribution in [3.63, 3.8) is 0 Å². The molecule has 0 unspecified atom stereocenters. The van der Waals surface area contributed by atoms with Crippen molar-refractivity contribution in [1.29, 1.82) is 0 Å². The van der Waals surface area contributed by atoms with Crippen molar-refractivity contribution in [1.82, 2.24) is 0 Å². The van der Waals surface area contributed by atoms with Crippen LogP contribution in [0.3, 0.4) is 0 Å². The summed E-state index contributed by atoms with van der Waals surface area (Å²) in [6.45, 7) is 0. The van der Waals surface area contributed by atoms with Crippen molar-refractivity contribution in [2.75, 3.05) is 0 Å². The fourth-order valence-corrected chi connectivity index (χ4v) is 2.49. The largest absolute Gasteiger partial charge is 0.269 e. The molecule has 0 aliphatic carbocycles. The van der Waals surface area contributed by atoms with E-state index in [2.05, 4.69) is 11.7 Å². The molecule has 0 amide bonds. The molecule has 1 aromatic carbocycles. The normalized spacial score (nSPS) is 11.5. The van der Waals surface area contributed by atoms with Gasteiger partial charge in [0.2, 0.25) is 3.79 Å². The van der Waals surface area contributed by atoms with Crippen molar-refractivity contribution in [2.45, 2.75) is 8.69 Å². The van der Waals surface area contributed by atoms with Gasteiger partial charge >= 0.3 is 0 Å². The van der Waals surface area contributed by atoms with Crippen LogP contribution in [0.5, 0.6) is 0 Å². The van der Waals surface area contributed by atoms with Gasteiger partial charge in [-0.2, -0.15) is 0 Å². The Hall–Kier alpha value is 0.190. The second-order valence-corrected chi connectivity index (χ2v) is 5.98. The predicted molar refractivity (Wildman–Crippen MR) is 67.2 cm³/mol. The second-order valence-electron chi connectivity index (χ2n) is 2.53. The molecule has 0 atom stereocenters. The third kappa shape index (κ3) is 3.32. The standard InChI is InChI=1S/C7H4Cl3NO2S2/c8-7(9,10)5-3-4(11(12)13)1-2-6(5)15-14/h1-3,14H. The van der Waals surface area contributed by atoms with E-state index in [-0.39, 0.29) is 11.3 Å². The van der Waals surface area contributed by atoms with E-state index in [0.717, 1.165) is 10.8 Å². The molecule has 82 valence electrons. The highest BCUT2D eigenvalue weighted by Gasteiger charge is 2.28. The minimum atomic E-state index is -1.70. The highest BCUT2D eigenvalue weighted by Crippen LogP contribution is 2.44. The summed E-state index contributed by atoms with van der Waals surface area (Å²) in [5.74, 6) is 0. The van der Waals surface area contributed by atoms with Crippen molar-refractivity contribution < 1.29 is 4.92 Å². The van der Waals surface area contributed by atoms with Crippen LogP contribution in [0.25, 0.3) is 0 Å². The number of alkyl halides is 3. The van der Waals surface area contributed by atoms with Gasteiger partial charge in [-0.15, -0.1) is 11.7 Å². The van der Waals surface area contributed by atoms with Crippen LogP contribution in [0.2, 0.25) is 0 Å². The fourth-order valence-electron chi connectivity index (χ4n) is 0.933. The predicted octanol–water partition coefficient (Wildman–Crippen LogP) is 4.36. The number of non-ortho nitro benzene ring substituents is 1. The van der Waals surface area contributed by atoms with Gasteiger partial charge in [0.1, 0.15) is 0 Å². The van der Waals surface area contributed by atoms with Gasteiger partial charge in [0, 0.05) is 22.6 Å². The molecule has 0 saturated heterocycles. The Kier molecular flexibility index (Phi) is 4.43. The fraction of sp³-hybridized carbons (Fsp3) is 0.143. The van der Waals surface area contributed by atoms with Gasteiger partial charge in [-0.25, -0.2) is 0 Å². The zero-order valence-electron chi connectivity index (χ0n) is 6.99. The van der Waals surface area contributed by atoms with Gasteiger partial charge in [0.25, 0.3) is 5.69 Å². The Labute approximate surface area is 110 Å². The topological polar surface area (TPSA) is 43.1 Å². The lowest BCUT2D eigenvalue weighted by molar-refractivity contribution is -0.385. The molecule has 0 saturated carbocycles. The van der Waals surface area contributed by atoms with Crippen LogP contribution in [-0.2, 0) is 3.79 Å². The number of benzene rings is 1. The van der Waals surface area contributed by atoms with E-state index in [1.165, 1.54) is 18.2 Å². The smallest absolute Gasteiger partial charge is 0.258 e. The van der Waals surface area contributed by atoms with E-state index in [9.17, 15) is 10.1 Å². The zero-order valence-corrected chi connectivity index (χ0v) is 11.0. The van der Waals surface area contributed by atoms with E-state index < -0.39 is 8.72 Å². The number of hydrogen-bond donors (Lipinski definition) is 1. The molecule has 0 radical (unpaired) electrons. The van der Waals surface area contributed by atoms with Crippen LogP contribution < -0.4 is 0 Å². The van der Waals surface area contributed by atoms with E-state index in [4.69, 9.17) is 34.8 Å². The summed E-state index contributed by atoms with van der Waals surface area (Å²) >= 11 is 21.0. The number of halogens is 3. The molecule has 0 fully saturated rings. The molecule has 0 aliphatic rings. The third-order valence-electron chi connectivity index (χ3n) is 1.58. The molecule has 15 heavy (non-hydrogen) atoms. The van der Waals surface area contributed by atoms with Crippen LogP contribution in [0, 0.1) is 10.1 Å². The molecule has 0 N–H and O–H groups in total. The molecule has 0 bridgehead atoms. The third-order valence-corrected chi connectivity index (χ3v) is 3.33. The van der Waals surface area contributed by atoms with Crippen LogP contribution in [0.15, 0.2) is 23.1 Å². The van der Waals surface area contributed by atoms with E-state index >= 15 is 0 Å². The zero-order chi connectivity index (χ0) is 11.6. The number of thiol groups is 1. The lowest BCUT2D eigenvalue weighted by atomic mass is 10.2. The average Bonchev–Trinajstić information content (AvgIpc) is 2.15. The van der Waals surface area contributed by atoms with Crippen molar-refractivity contribution >= 4 is 62.9 Å². The van der Waals surface area contributed by atoms with Crippen molar-refractivity contribution in [3.05, 3.63) is 33.9 Å². The summed E-state index contributed by atoms with van der Waals surface area (Å²) in [5.41, 5.74) is 0.129. The first-order valence-electron chi connectivity index (χ1n) is 3.53. The number of nitro groups is 1. The van der Waals surface area contributed by atoms with E-state index in [1.54, 1.807) is 0 Å². The molecule has 1 aromatic rings. The lowest BCUT2D eigenvalue weighted by Gasteiger charge is -2.14. The summed E-state index contributed by atoms with van der Waals surface area (Å²) in [6, 6.07) is 4.05. The molecule has 0 aliphatic heterocycles. The summed E-state index contributed by atoms with van der Waals surface area (Å²) in [4.78, 5) is 10.6. The summed E-state index contributed by atoms with van der Waals surface area (Å²) < 4.78 is -1.70. The lowest BCUT2D eigenvalue weighted by Crippen LogP contribution is -2.03. The van der Waals surface area contributed by atoms with Crippen LogP contribution in [0.4, 0.5) is 5.69 Å². The first kappa shape index (κ1) is 13.3. The van der Waals surface area contributed by atoms with Crippen LogP contribution >= 0.6 is 57.3 Å². The summed E-state index contributed by atoms with van der Waals surface area (Å²) in [7, 11) is 1.06. The maximum absolute atomic E-state index is 10.5. The molecule has 0 aromatic heterocycles. The second kappa shape index (κ2) is 5.01. The first-order chi connectivity index (χ1) is 6.86. The van der Waals surface area contributed by atoms with E-state index in [1.807, 2.05) is 0 Å². The van der Waals surface area contributed by atoms with Gasteiger partial charge in [-0.05, 0) is 6.07 Å². The molecule has 0 spiro atoms. The molecular weight excluding hydrogens is 301 g/mol. The number of hydrogen-bond acceptors (Lipinski definition) is 4. The Morgan fingerprint density at radius 2 is 2.00 bits per heavy atom. The minimum absolute atomic E-state index is 0.123. The summed E-state index contributed by atoms with van der Waals surface area (Å²) in [6.07, 6.45) is 0. The van der Waals surface area contributed by atoms with Gasteiger partial charge < -0.3 is 0 Å². The number of nitro benzene ring substituents is 1. The maximum atomic E-state index is 10.5. The summed E-state index contributed by atoms with van der Waals surface area (Å²) in [5, 5.41) is 10.5. The average molecular weight is 305 g/mol. The molecule has 1 rings (SSSR count). The Morgan fingerprint density at radius 1 is 1.40 bits per heavy atom. The number of nitrogens with zero attached hydrogens (tertiary/aromatic N) is 1. The quantitative estimate of drug-likeness (QED) is 0.290. The Bertz CT molecular complexity index is 394. The van der Waals surface area contributed by atoms with Crippen LogP contribution in [-0.4, -0.2) is 4.92 Å². The molecular formula is C7H4Cl3NO2S2. The highest BCUT2D eigenvalue weighted by atomic mass is 35.6. The van der Waals surface area contributed by atoms with Crippen LogP contribution in [0.1, 0.15) is 5.56 Å². The molecule has 0 heterocycles. The molecule has 8 heteroatoms. The first-order valence-corrected chi connectivity index (χ1v) is 6.53. The monoisotopic (exact) mass is 303 g/mol. The maximum Gasteiger partial charge on any atom is 0.269 e. The van der Waals surface area contributed by atoms with E-state index in [0.29, 0.717) is 4.90 Å². The molecule has 3 nitrogen and oxygen atoms in total. The number of rotatable bonds is 2.